The molecule has 3 heteroatoms. The van der Waals surface area contributed by atoms with Crippen LogP contribution in [0.4, 0.5) is 0 Å². The quantitative estimate of drug-likeness (QED) is 0.832. The second kappa shape index (κ2) is 5.82. The Balaban J connectivity index is 1.77. The number of primary amides is 1. The van der Waals surface area contributed by atoms with Gasteiger partial charge in [0.05, 0.1) is 6.04 Å². The minimum atomic E-state index is -0.185. The van der Waals surface area contributed by atoms with E-state index >= 15 is 0 Å². The Morgan fingerprint density at radius 1 is 1.41 bits per heavy atom. The van der Waals surface area contributed by atoms with Gasteiger partial charge in [0.15, 0.2) is 0 Å². The van der Waals surface area contributed by atoms with Gasteiger partial charge in [0, 0.05) is 6.54 Å². The summed E-state index contributed by atoms with van der Waals surface area (Å²) in [5, 5.41) is 0. The van der Waals surface area contributed by atoms with Gasteiger partial charge in [0.2, 0.25) is 5.91 Å². The number of amides is 1. The normalized spacial score (nSPS) is 20.6. The number of hydrogen-bond acceptors (Lipinski definition) is 2. The van der Waals surface area contributed by atoms with Gasteiger partial charge in [-0.15, -0.1) is 0 Å². The molecule has 1 aliphatic heterocycles. The van der Waals surface area contributed by atoms with Crippen molar-refractivity contribution in [3.8, 4) is 0 Å². The molecule has 0 saturated carbocycles. The molecular weight excluding hydrogens is 212 g/mol. The van der Waals surface area contributed by atoms with Crippen LogP contribution in [0.15, 0.2) is 30.3 Å². The summed E-state index contributed by atoms with van der Waals surface area (Å²) in [7, 11) is 0. The molecule has 0 unspecified atom stereocenters. The molecule has 1 aromatic rings. The van der Waals surface area contributed by atoms with Crippen LogP contribution in [0.3, 0.4) is 0 Å². The maximum atomic E-state index is 11.2. The van der Waals surface area contributed by atoms with Crippen molar-refractivity contribution in [1.29, 1.82) is 0 Å². The van der Waals surface area contributed by atoms with Crippen LogP contribution in [0, 0.1) is 6.42 Å². The number of nitrogens with two attached hydrogens (primary N) is 1. The summed E-state index contributed by atoms with van der Waals surface area (Å²) in [6.07, 6.45) is 5.15. The Kier molecular flexibility index (Phi) is 4.15. The SMILES string of the molecule is NC(=O)[C@H]1CCCN1C[CH]Cc1ccccc1. The fourth-order valence-electron chi connectivity index (χ4n) is 2.38. The van der Waals surface area contributed by atoms with Crippen LogP contribution in [0.2, 0.25) is 0 Å². The van der Waals surface area contributed by atoms with Gasteiger partial charge in [-0.2, -0.15) is 0 Å². The third-order valence-electron chi connectivity index (χ3n) is 3.28. The zero-order valence-electron chi connectivity index (χ0n) is 10.0. The van der Waals surface area contributed by atoms with E-state index in [9.17, 15) is 4.79 Å². The number of carbonyl (C=O) groups is 1. The van der Waals surface area contributed by atoms with Crippen LogP contribution in [0.25, 0.3) is 0 Å². The number of rotatable bonds is 5. The molecule has 0 aromatic heterocycles. The van der Waals surface area contributed by atoms with E-state index in [0.717, 1.165) is 32.4 Å². The number of likely N-dealkylation sites (tertiary alicyclic amines) is 1. The summed E-state index contributed by atoms with van der Waals surface area (Å²) >= 11 is 0. The van der Waals surface area contributed by atoms with E-state index in [4.69, 9.17) is 5.73 Å². The topological polar surface area (TPSA) is 46.3 Å². The fourth-order valence-corrected chi connectivity index (χ4v) is 2.38. The number of benzene rings is 1. The summed E-state index contributed by atoms with van der Waals surface area (Å²) in [5.41, 5.74) is 6.68. The molecule has 1 saturated heterocycles. The second-order valence-corrected chi connectivity index (χ2v) is 4.53. The summed E-state index contributed by atoms with van der Waals surface area (Å²) in [6, 6.07) is 10.3. The van der Waals surface area contributed by atoms with Crippen LogP contribution in [0.5, 0.6) is 0 Å². The third kappa shape index (κ3) is 3.30. The number of hydrogen-bond donors (Lipinski definition) is 1. The monoisotopic (exact) mass is 231 g/mol. The summed E-state index contributed by atoms with van der Waals surface area (Å²) in [4.78, 5) is 13.4. The lowest BCUT2D eigenvalue weighted by Gasteiger charge is -2.21. The molecule has 1 amide bonds. The van der Waals surface area contributed by atoms with Gasteiger partial charge in [0.25, 0.3) is 0 Å². The van der Waals surface area contributed by atoms with E-state index in [1.165, 1.54) is 5.56 Å². The first-order valence-corrected chi connectivity index (χ1v) is 6.16. The molecule has 2 N–H and O–H groups in total. The highest BCUT2D eigenvalue weighted by atomic mass is 16.1. The second-order valence-electron chi connectivity index (χ2n) is 4.53. The maximum Gasteiger partial charge on any atom is 0.234 e. The zero-order valence-corrected chi connectivity index (χ0v) is 10.0. The van der Waals surface area contributed by atoms with E-state index in [0.29, 0.717) is 0 Å². The molecule has 17 heavy (non-hydrogen) atoms. The van der Waals surface area contributed by atoms with Gasteiger partial charge in [-0.25, -0.2) is 0 Å². The minimum Gasteiger partial charge on any atom is -0.368 e. The van der Waals surface area contributed by atoms with Crippen LogP contribution in [-0.4, -0.2) is 29.9 Å². The van der Waals surface area contributed by atoms with E-state index in [1.807, 2.05) is 18.2 Å². The molecule has 2 rings (SSSR count). The largest absolute Gasteiger partial charge is 0.368 e. The van der Waals surface area contributed by atoms with Crippen LogP contribution in [0.1, 0.15) is 18.4 Å². The molecule has 1 heterocycles. The summed E-state index contributed by atoms with van der Waals surface area (Å²) < 4.78 is 0. The van der Waals surface area contributed by atoms with E-state index in [-0.39, 0.29) is 11.9 Å². The smallest absolute Gasteiger partial charge is 0.234 e. The van der Waals surface area contributed by atoms with Gasteiger partial charge in [-0.05, 0) is 37.8 Å². The lowest BCUT2D eigenvalue weighted by Crippen LogP contribution is -2.40. The highest BCUT2D eigenvalue weighted by Crippen LogP contribution is 2.17. The van der Waals surface area contributed by atoms with Gasteiger partial charge >= 0.3 is 0 Å². The van der Waals surface area contributed by atoms with Crippen molar-refractivity contribution in [2.45, 2.75) is 25.3 Å². The van der Waals surface area contributed by atoms with Crippen molar-refractivity contribution < 1.29 is 4.79 Å². The number of nitrogens with zero attached hydrogens (tertiary/aromatic N) is 1. The molecule has 91 valence electrons. The highest BCUT2D eigenvalue weighted by molar-refractivity contribution is 5.80. The van der Waals surface area contributed by atoms with Crippen molar-refractivity contribution in [2.24, 2.45) is 5.73 Å². The minimum absolute atomic E-state index is 0.0537. The van der Waals surface area contributed by atoms with Gasteiger partial charge < -0.3 is 5.73 Å². The van der Waals surface area contributed by atoms with E-state index in [2.05, 4.69) is 23.5 Å². The van der Waals surface area contributed by atoms with Crippen LogP contribution in [-0.2, 0) is 11.2 Å². The fraction of sp³-hybridized carbons (Fsp3) is 0.429. The van der Waals surface area contributed by atoms with Crippen LogP contribution >= 0.6 is 0 Å². The molecule has 0 spiro atoms. The van der Waals surface area contributed by atoms with Crippen molar-refractivity contribution >= 4 is 5.91 Å². The molecule has 0 bridgehead atoms. The highest BCUT2D eigenvalue weighted by Gasteiger charge is 2.28. The maximum absolute atomic E-state index is 11.2. The van der Waals surface area contributed by atoms with E-state index in [1.54, 1.807) is 0 Å². The molecule has 1 radical (unpaired) electrons. The molecule has 0 aliphatic carbocycles. The van der Waals surface area contributed by atoms with Crippen molar-refractivity contribution in [2.75, 3.05) is 13.1 Å². The van der Waals surface area contributed by atoms with Crippen molar-refractivity contribution in [1.82, 2.24) is 4.90 Å². The van der Waals surface area contributed by atoms with E-state index < -0.39 is 0 Å². The Labute approximate surface area is 103 Å². The van der Waals surface area contributed by atoms with Crippen molar-refractivity contribution in [3.05, 3.63) is 42.3 Å². The predicted octanol–water partition coefficient (Wildman–Crippen LogP) is 1.38. The molecule has 1 atom stereocenters. The molecule has 1 aromatic carbocycles. The molecule has 1 aliphatic rings. The first-order valence-electron chi connectivity index (χ1n) is 6.16. The molecular formula is C14H19N2O. The number of carbonyl (C=O) groups excluding carboxylic acids is 1. The predicted molar refractivity (Wildman–Crippen MR) is 68.2 cm³/mol. The van der Waals surface area contributed by atoms with Gasteiger partial charge in [0.1, 0.15) is 0 Å². The molecule has 3 nitrogen and oxygen atoms in total. The zero-order chi connectivity index (χ0) is 12.1. The average molecular weight is 231 g/mol. The Bertz CT molecular complexity index is 364. The van der Waals surface area contributed by atoms with Crippen molar-refractivity contribution in [3.63, 3.8) is 0 Å². The Hall–Kier alpha value is -1.35. The van der Waals surface area contributed by atoms with Crippen LogP contribution < -0.4 is 5.73 Å². The Morgan fingerprint density at radius 3 is 2.88 bits per heavy atom. The summed E-state index contributed by atoms with van der Waals surface area (Å²) in [5.74, 6) is -0.185. The molecule has 1 fully saturated rings. The standard InChI is InChI=1S/C14H19N2O/c15-14(17)13-9-5-11-16(13)10-4-8-12-6-2-1-3-7-12/h1-4,6-7,13H,5,8-11H2,(H2,15,17)/t13-/m1/s1. The summed E-state index contributed by atoms with van der Waals surface area (Å²) in [6.45, 7) is 1.83. The lowest BCUT2D eigenvalue weighted by atomic mass is 10.1. The first-order chi connectivity index (χ1) is 8.27. The third-order valence-corrected chi connectivity index (χ3v) is 3.28. The average Bonchev–Trinajstić information content (AvgIpc) is 2.79. The van der Waals surface area contributed by atoms with Gasteiger partial charge in [-0.1, -0.05) is 30.3 Å². The Morgan fingerprint density at radius 2 is 2.18 bits per heavy atom. The first kappa shape index (κ1) is 12.1. The lowest BCUT2D eigenvalue weighted by molar-refractivity contribution is -0.122. The van der Waals surface area contributed by atoms with Gasteiger partial charge in [-0.3, -0.25) is 9.69 Å².